The van der Waals surface area contributed by atoms with Crippen molar-refractivity contribution in [2.45, 2.75) is 12.8 Å². The van der Waals surface area contributed by atoms with Crippen LogP contribution in [0, 0.1) is 5.92 Å². The summed E-state index contributed by atoms with van der Waals surface area (Å²) < 4.78 is 0. The summed E-state index contributed by atoms with van der Waals surface area (Å²) in [4.78, 5) is 26.5. The minimum atomic E-state index is -0.820. The quantitative estimate of drug-likeness (QED) is 0.887. The van der Waals surface area contributed by atoms with Gasteiger partial charge in [-0.15, -0.1) is 0 Å². The van der Waals surface area contributed by atoms with Crippen LogP contribution in [0.4, 0.5) is 10.5 Å². The third-order valence-electron chi connectivity index (χ3n) is 3.47. The fraction of sp³-hybridized carbons (Fsp3) is 0.429. The zero-order chi connectivity index (χ0) is 13.8. The summed E-state index contributed by atoms with van der Waals surface area (Å²) in [6.07, 6.45) is 1.39. The molecule has 0 bridgehead atoms. The van der Waals surface area contributed by atoms with Crippen molar-refractivity contribution in [3.05, 3.63) is 30.3 Å². The number of rotatable bonds is 2. The number of urea groups is 1. The van der Waals surface area contributed by atoms with Crippen LogP contribution in [0.25, 0.3) is 0 Å². The summed E-state index contributed by atoms with van der Waals surface area (Å²) in [5.74, 6) is -1.26. The number of hydrogen-bond acceptors (Lipinski definition) is 2. The van der Waals surface area contributed by atoms with Gasteiger partial charge in [0, 0.05) is 25.8 Å². The van der Waals surface area contributed by atoms with E-state index in [1.54, 1.807) is 16.8 Å². The molecule has 0 unspecified atom stereocenters. The summed E-state index contributed by atoms with van der Waals surface area (Å²) in [6, 6.07) is 9.21. The first-order valence-electron chi connectivity index (χ1n) is 6.40. The lowest BCUT2D eigenvalue weighted by Gasteiger charge is -2.33. The van der Waals surface area contributed by atoms with E-state index < -0.39 is 11.9 Å². The molecular formula is C14H18N2O3. The highest BCUT2D eigenvalue weighted by Crippen LogP contribution is 2.20. The Morgan fingerprint density at radius 1 is 1.32 bits per heavy atom. The van der Waals surface area contributed by atoms with Crippen LogP contribution in [0.2, 0.25) is 0 Å². The molecule has 102 valence electrons. The van der Waals surface area contributed by atoms with Crippen molar-refractivity contribution in [1.29, 1.82) is 0 Å². The molecule has 1 saturated heterocycles. The lowest BCUT2D eigenvalue weighted by atomic mass is 9.99. The van der Waals surface area contributed by atoms with E-state index in [2.05, 4.69) is 0 Å². The van der Waals surface area contributed by atoms with Crippen LogP contribution in [0.3, 0.4) is 0 Å². The molecule has 2 rings (SSSR count). The number of carboxylic acid groups (broad SMARTS) is 1. The zero-order valence-corrected chi connectivity index (χ0v) is 11.0. The van der Waals surface area contributed by atoms with Crippen LogP contribution in [-0.4, -0.2) is 42.1 Å². The first kappa shape index (κ1) is 13.4. The maximum absolute atomic E-state index is 12.3. The molecule has 0 aromatic heterocycles. The highest BCUT2D eigenvalue weighted by atomic mass is 16.4. The van der Waals surface area contributed by atoms with Gasteiger partial charge in [-0.05, 0) is 25.0 Å². The summed E-state index contributed by atoms with van der Waals surface area (Å²) in [7, 11) is 1.71. The number of carbonyl (C=O) groups is 2. The van der Waals surface area contributed by atoms with E-state index in [1.807, 2.05) is 30.3 Å². The Labute approximate surface area is 112 Å². The minimum Gasteiger partial charge on any atom is -0.481 e. The number of aliphatic carboxylic acids is 1. The van der Waals surface area contributed by atoms with Gasteiger partial charge in [0.25, 0.3) is 0 Å². The van der Waals surface area contributed by atoms with Crippen LogP contribution in [0.5, 0.6) is 0 Å². The molecule has 0 spiro atoms. The van der Waals surface area contributed by atoms with Gasteiger partial charge < -0.3 is 10.0 Å². The second kappa shape index (κ2) is 5.73. The highest BCUT2D eigenvalue weighted by molar-refractivity contribution is 5.91. The van der Waals surface area contributed by atoms with Crippen molar-refractivity contribution < 1.29 is 14.7 Å². The van der Waals surface area contributed by atoms with E-state index >= 15 is 0 Å². The molecule has 1 heterocycles. The molecule has 1 aromatic carbocycles. The van der Waals surface area contributed by atoms with Crippen LogP contribution in [0.1, 0.15) is 12.8 Å². The molecule has 0 radical (unpaired) electrons. The summed E-state index contributed by atoms with van der Waals surface area (Å²) in [6.45, 7) is 0.922. The van der Waals surface area contributed by atoms with E-state index in [4.69, 9.17) is 5.11 Å². The molecule has 1 aliphatic rings. The van der Waals surface area contributed by atoms with Crippen molar-refractivity contribution in [3.63, 3.8) is 0 Å². The predicted molar refractivity (Wildman–Crippen MR) is 72.2 cm³/mol. The van der Waals surface area contributed by atoms with Crippen molar-refractivity contribution >= 4 is 17.7 Å². The number of para-hydroxylation sites is 1. The van der Waals surface area contributed by atoms with Gasteiger partial charge in [-0.3, -0.25) is 9.69 Å². The Kier molecular flexibility index (Phi) is 4.04. The molecule has 0 aliphatic carbocycles. The van der Waals surface area contributed by atoms with Gasteiger partial charge in [0.05, 0.1) is 5.92 Å². The second-order valence-corrected chi connectivity index (χ2v) is 4.80. The maximum atomic E-state index is 12.3. The second-order valence-electron chi connectivity index (χ2n) is 4.80. The zero-order valence-electron chi connectivity index (χ0n) is 11.0. The third kappa shape index (κ3) is 3.05. The highest BCUT2D eigenvalue weighted by Gasteiger charge is 2.29. The van der Waals surface area contributed by atoms with Crippen LogP contribution in [0.15, 0.2) is 30.3 Å². The number of nitrogens with zero attached hydrogens (tertiary/aromatic N) is 2. The lowest BCUT2D eigenvalue weighted by Crippen LogP contribution is -2.47. The molecule has 1 N–H and O–H groups in total. The van der Waals surface area contributed by atoms with Gasteiger partial charge in [0.2, 0.25) is 0 Å². The topological polar surface area (TPSA) is 60.9 Å². The molecule has 0 saturated carbocycles. The van der Waals surface area contributed by atoms with Gasteiger partial charge in [-0.25, -0.2) is 4.79 Å². The van der Waals surface area contributed by atoms with E-state index in [1.165, 1.54) is 0 Å². The average Bonchev–Trinajstić information content (AvgIpc) is 2.46. The summed E-state index contributed by atoms with van der Waals surface area (Å²) >= 11 is 0. The fourth-order valence-corrected chi connectivity index (χ4v) is 2.33. The Morgan fingerprint density at radius 2 is 2.00 bits per heavy atom. The summed E-state index contributed by atoms with van der Waals surface area (Å²) in [5.41, 5.74) is 0.810. The number of amides is 2. The van der Waals surface area contributed by atoms with Crippen LogP contribution in [-0.2, 0) is 4.79 Å². The SMILES string of the molecule is CN(C(=O)N1CCC[C@@H](C(=O)O)C1)c1ccccc1. The first-order valence-corrected chi connectivity index (χ1v) is 6.40. The van der Waals surface area contributed by atoms with Gasteiger partial charge in [0.15, 0.2) is 0 Å². The predicted octanol–water partition coefficient (Wildman–Crippen LogP) is 2.04. The third-order valence-corrected chi connectivity index (χ3v) is 3.47. The molecule has 5 heteroatoms. The molecule has 1 atom stereocenters. The van der Waals surface area contributed by atoms with Gasteiger partial charge in [-0.1, -0.05) is 18.2 Å². The fourth-order valence-electron chi connectivity index (χ4n) is 2.33. The number of carboxylic acids is 1. The van der Waals surface area contributed by atoms with E-state index in [9.17, 15) is 9.59 Å². The molecule has 1 fully saturated rings. The smallest absolute Gasteiger partial charge is 0.324 e. The number of likely N-dealkylation sites (tertiary alicyclic amines) is 1. The molecule has 5 nitrogen and oxygen atoms in total. The monoisotopic (exact) mass is 262 g/mol. The number of piperidine rings is 1. The number of benzene rings is 1. The van der Waals surface area contributed by atoms with Gasteiger partial charge >= 0.3 is 12.0 Å². The minimum absolute atomic E-state index is 0.142. The molecule has 2 amide bonds. The lowest BCUT2D eigenvalue weighted by molar-refractivity contribution is -0.143. The Bertz CT molecular complexity index is 461. The van der Waals surface area contributed by atoms with Crippen LogP contribution >= 0.6 is 0 Å². The van der Waals surface area contributed by atoms with Crippen molar-refractivity contribution in [1.82, 2.24) is 4.90 Å². The summed E-state index contributed by atoms with van der Waals surface area (Å²) in [5, 5.41) is 9.04. The molecule has 1 aromatic rings. The molecule has 19 heavy (non-hydrogen) atoms. The van der Waals surface area contributed by atoms with Gasteiger partial charge in [0.1, 0.15) is 0 Å². The normalized spacial score (nSPS) is 19.0. The van der Waals surface area contributed by atoms with Crippen molar-refractivity contribution in [2.75, 3.05) is 25.0 Å². The number of hydrogen-bond donors (Lipinski definition) is 1. The van der Waals surface area contributed by atoms with Crippen molar-refractivity contribution in [2.24, 2.45) is 5.92 Å². The Hall–Kier alpha value is -2.04. The van der Waals surface area contributed by atoms with Crippen LogP contribution < -0.4 is 4.90 Å². The standard InChI is InChI=1S/C14H18N2O3/c1-15(12-7-3-2-4-8-12)14(19)16-9-5-6-11(10-16)13(17)18/h2-4,7-8,11H,5-6,9-10H2,1H3,(H,17,18)/t11-/m1/s1. The Balaban J connectivity index is 2.05. The van der Waals surface area contributed by atoms with E-state index in [0.717, 1.165) is 12.1 Å². The molecule has 1 aliphatic heterocycles. The Morgan fingerprint density at radius 3 is 2.63 bits per heavy atom. The van der Waals surface area contributed by atoms with Crippen molar-refractivity contribution in [3.8, 4) is 0 Å². The van der Waals surface area contributed by atoms with E-state index in [-0.39, 0.29) is 6.03 Å². The number of anilines is 1. The average molecular weight is 262 g/mol. The maximum Gasteiger partial charge on any atom is 0.324 e. The van der Waals surface area contributed by atoms with E-state index in [0.29, 0.717) is 19.5 Å². The molecular weight excluding hydrogens is 244 g/mol. The number of carbonyl (C=O) groups excluding carboxylic acids is 1. The van der Waals surface area contributed by atoms with Gasteiger partial charge in [-0.2, -0.15) is 0 Å². The first-order chi connectivity index (χ1) is 9.09. The largest absolute Gasteiger partial charge is 0.481 e.